The summed E-state index contributed by atoms with van der Waals surface area (Å²) in [6, 6.07) is 0. The van der Waals surface area contributed by atoms with E-state index in [1.807, 2.05) is 0 Å². The van der Waals surface area contributed by atoms with Crippen LogP contribution in [0.2, 0.25) is 0 Å². The summed E-state index contributed by atoms with van der Waals surface area (Å²) in [4.78, 5) is 0. The Morgan fingerprint density at radius 1 is 0.579 bits per heavy atom. The van der Waals surface area contributed by atoms with Crippen LogP contribution in [0.3, 0.4) is 0 Å². The molecule has 0 amide bonds. The van der Waals surface area contributed by atoms with Crippen molar-refractivity contribution in [1.29, 1.82) is 0 Å². The molecule has 3 heteroatoms. The number of aliphatic hydroxyl groups excluding tert-OH is 2. The van der Waals surface area contributed by atoms with E-state index in [9.17, 15) is 0 Å². The summed E-state index contributed by atoms with van der Waals surface area (Å²) in [5.41, 5.74) is 0. The van der Waals surface area contributed by atoms with Crippen LogP contribution in [0.5, 0.6) is 0 Å². The van der Waals surface area contributed by atoms with E-state index in [1.165, 1.54) is 56.3 Å². The molecule has 0 aromatic rings. The Kier molecular flexibility index (Phi) is 12.8. The lowest BCUT2D eigenvalue weighted by Gasteiger charge is -2.39. The number of aliphatic hydroxyl groups is 2. The Labute approximate surface area is 120 Å². The number of rotatable bonds is 14. The highest BCUT2D eigenvalue weighted by Crippen LogP contribution is 2.16. The normalized spacial score (nSPS) is 12.0. The van der Waals surface area contributed by atoms with E-state index in [0.717, 1.165) is 25.7 Å². The Morgan fingerprint density at radius 2 is 0.947 bits per heavy atom. The summed E-state index contributed by atoms with van der Waals surface area (Å²) in [6.07, 6.45) is 9.21. The van der Waals surface area contributed by atoms with Gasteiger partial charge in [-0.3, -0.25) is 0 Å². The Bertz CT molecular complexity index is 166. The molecule has 0 rings (SSSR count). The first-order valence-electron chi connectivity index (χ1n) is 8.31. The third-order valence-electron chi connectivity index (χ3n) is 4.05. The highest BCUT2D eigenvalue weighted by atomic mass is 16.3. The van der Waals surface area contributed by atoms with Crippen LogP contribution in [0.4, 0.5) is 0 Å². The van der Waals surface area contributed by atoms with Gasteiger partial charge in [-0.05, 0) is 38.5 Å². The largest absolute Gasteiger partial charge is 0.396 e. The second-order valence-electron chi connectivity index (χ2n) is 5.80. The van der Waals surface area contributed by atoms with Crippen LogP contribution in [-0.4, -0.2) is 54.1 Å². The van der Waals surface area contributed by atoms with Gasteiger partial charge in [0.2, 0.25) is 0 Å². The van der Waals surface area contributed by atoms with Gasteiger partial charge in [0.15, 0.2) is 0 Å². The Hall–Kier alpha value is -0.120. The molecule has 0 aliphatic carbocycles. The zero-order valence-corrected chi connectivity index (χ0v) is 13.2. The fraction of sp³-hybridized carbons (Fsp3) is 1.00. The molecule has 0 aromatic heterocycles. The summed E-state index contributed by atoms with van der Waals surface area (Å²) in [7, 11) is 0. The summed E-state index contributed by atoms with van der Waals surface area (Å²) < 4.78 is 1.21. The quantitative estimate of drug-likeness (QED) is 0.378. The first-order chi connectivity index (χ1) is 9.24. The van der Waals surface area contributed by atoms with Crippen molar-refractivity contribution in [2.24, 2.45) is 0 Å². The van der Waals surface area contributed by atoms with Crippen molar-refractivity contribution < 1.29 is 14.7 Å². The van der Waals surface area contributed by atoms with Gasteiger partial charge in [-0.25, -0.2) is 0 Å². The van der Waals surface area contributed by atoms with E-state index in [4.69, 9.17) is 10.2 Å². The summed E-state index contributed by atoms with van der Waals surface area (Å²) in [6.45, 7) is 10.1. The van der Waals surface area contributed by atoms with Gasteiger partial charge in [-0.1, -0.05) is 26.7 Å². The third kappa shape index (κ3) is 9.42. The van der Waals surface area contributed by atoms with E-state index < -0.39 is 0 Å². The maximum atomic E-state index is 8.99. The van der Waals surface area contributed by atoms with Crippen LogP contribution >= 0.6 is 0 Å². The number of hydrogen-bond acceptors (Lipinski definition) is 2. The second-order valence-corrected chi connectivity index (χ2v) is 5.80. The smallest absolute Gasteiger partial charge is 0.0787 e. The van der Waals surface area contributed by atoms with Gasteiger partial charge in [0.05, 0.1) is 26.2 Å². The molecule has 0 fully saturated rings. The average molecular weight is 274 g/mol. The zero-order valence-electron chi connectivity index (χ0n) is 13.2. The summed E-state index contributed by atoms with van der Waals surface area (Å²) >= 11 is 0. The van der Waals surface area contributed by atoms with E-state index in [-0.39, 0.29) is 0 Å². The van der Waals surface area contributed by atoms with Crippen molar-refractivity contribution >= 4 is 0 Å². The van der Waals surface area contributed by atoms with Crippen molar-refractivity contribution in [2.45, 2.75) is 65.2 Å². The van der Waals surface area contributed by atoms with Crippen molar-refractivity contribution in [3.8, 4) is 0 Å². The maximum absolute atomic E-state index is 8.99. The van der Waals surface area contributed by atoms with Gasteiger partial charge < -0.3 is 14.7 Å². The minimum Gasteiger partial charge on any atom is -0.396 e. The molecule has 0 heterocycles. The van der Waals surface area contributed by atoms with E-state index in [2.05, 4.69) is 13.8 Å². The van der Waals surface area contributed by atoms with Crippen molar-refractivity contribution in [2.75, 3.05) is 39.4 Å². The molecule has 0 spiro atoms. The second kappa shape index (κ2) is 12.9. The third-order valence-corrected chi connectivity index (χ3v) is 4.05. The molecule has 19 heavy (non-hydrogen) atoms. The Balaban J connectivity index is 4.44. The number of nitrogens with zero attached hydrogens (tertiary/aromatic N) is 1. The van der Waals surface area contributed by atoms with E-state index in [1.54, 1.807) is 0 Å². The van der Waals surface area contributed by atoms with E-state index >= 15 is 0 Å². The van der Waals surface area contributed by atoms with Gasteiger partial charge in [0.25, 0.3) is 0 Å². The molecule has 3 nitrogen and oxygen atoms in total. The lowest BCUT2D eigenvalue weighted by molar-refractivity contribution is -0.929. The van der Waals surface area contributed by atoms with Crippen LogP contribution in [0.1, 0.15) is 65.2 Å². The van der Waals surface area contributed by atoms with Crippen LogP contribution in [0.25, 0.3) is 0 Å². The predicted octanol–water partition coefficient (Wildman–Crippen LogP) is 2.95. The lowest BCUT2D eigenvalue weighted by atomic mass is 10.1. The fourth-order valence-electron chi connectivity index (χ4n) is 2.78. The molecule has 2 N–H and O–H groups in total. The summed E-state index contributed by atoms with van der Waals surface area (Å²) in [5, 5.41) is 18.0. The van der Waals surface area contributed by atoms with Crippen LogP contribution in [0.15, 0.2) is 0 Å². The SMILES string of the molecule is CCCC[N+](CCCC)(CCCCO)CCCCO. The summed E-state index contributed by atoms with van der Waals surface area (Å²) in [5.74, 6) is 0. The molecule has 0 saturated carbocycles. The highest BCUT2D eigenvalue weighted by molar-refractivity contribution is 4.50. The highest BCUT2D eigenvalue weighted by Gasteiger charge is 2.25. The van der Waals surface area contributed by atoms with Crippen LogP contribution in [0, 0.1) is 0 Å². The Morgan fingerprint density at radius 3 is 1.26 bits per heavy atom. The monoisotopic (exact) mass is 274 g/mol. The zero-order chi connectivity index (χ0) is 14.4. The molecule has 0 aliphatic rings. The van der Waals surface area contributed by atoms with E-state index in [0.29, 0.717) is 13.2 Å². The maximum Gasteiger partial charge on any atom is 0.0787 e. The molecule has 0 saturated heterocycles. The predicted molar refractivity (Wildman–Crippen MR) is 82.2 cm³/mol. The molecule has 0 bridgehead atoms. The minimum absolute atomic E-state index is 0.318. The van der Waals surface area contributed by atoms with Gasteiger partial charge in [-0.2, -0.15) is 0 Å². The molecule has 0 radical (unpaired) electrons. The molecular weight excluding hydrogens is 238 g/mol. The molecule has 116 valence electrons. The van der Waals surface area contributed by atoms with Crippen molar-refractivity contribution in [1.82, 2.24) is 0 Å². The van der Waals surface area contributed by atoms with Gasteiger partial charge in [0.1, 0.15) is 0 Å². The molecule has 0 aromatic carbocycles. The molecule has 0 unspecified atom stereocenters. The topological polar surface area (TPSA) is 40.5 Å². The molecular formula is C16H36NO2+. The average Bonchev–Trinajstić information content (AvgIpc) is 2.43. The molecule has 0 aliphatic heterocycles. The lowest BCUT2D eigenvalue weighted by Crippen LogP contribution is -2.50. The molecule has 0 atom stereocenters. The van der Waals surface area contributed by atoms with Crippen molar-refractivity contribution in [3.63, 3.8) is 0 Å². The van der Waals surface area contributed by atoms with Crippen LogP contribution in [-0.2, 0) is 0 Å². The standard InChI is InChI=1S/C16H36NO2/c1-3-5-11-17(12-6-4-2,13-7-9-15-18)14-8-10-16-19/h18-19H,3-16H2,1-2H3/q+1. The van der Waals surface area contributed by atoms with Gasteiger partial charge in [-0.15, -0.1) is 0 Å². The van der Waals surface area contributed by atoms with Crippen LogP contribution < -0.4 is 0 Å². The van der Waals surface area contributed by atoms with Crippen molar-refractivity contribution in [3.05, 3.63) is 0 Å². The van der Waals surface area contributed by atoms with Gasteiger partial charge >= 0.3 is 0 Å². The number of quaternary nitrogens is 1. The van der Waals surface area contributed by atoms with Gasteiger partial charge in [0, 0.05) is 13.2 Å². The number of hydrogen-bond donors (Lipinski definition) is 2. The first kappa shape index (κ1) is 18.9. The number of unbranched alkanes of at least 4 members (excludes halogenated alkanes) is 4. The minimum atomic E-state index is 0.318. The fourth-order valence-corrected chi connectivity index (χ4v) is 2.78. The first-order valence-corrected chi connectivity index (χ1v) is 8.31.